The number of rotatable bonds is 9. The number of nitrogens with one attached hydrogen (secondary N) is 1. The molecule has 32 heavy (non-hydrogen) atoms. The molecule has 0 aliphatic rings. The lowest BCUT2D eigenvalue weighted by Crippen LogP contribution is -2.33. The van der Waals surface area contributed by atoms with Crippen molar-refractivity contribution in [2.75, 3.05) is 0 Å². The molecule has 1 amide bonds. The third-order valence-corrected chi connectivity index (χ3v) is 6.28. The standard InChI is InChI=1S/C28H29ClN2O/c1-21(15-16-22-9-3-2-4-10-22)30-28(32)18-17-23-19-31(27-14-8-6-12-25(23)27)20-24-11-5-7-13-26(24)29/h2-14,19,21H,15-18,20H2,1H3,(H,30,32)/t21-/m1/s1. The van der Waals surface area contributed by atoms with Gasteiger partial charge in [0, 0.05) is 41.1 Å². The van der Waals surface area contributed by atoms with Crippen LogP contribution in [0.15, 0.2) is 85.1 Å². The minimum Gasteiger partial charge on any atom is -0.354 e. The fourth-order valence-electron chi connectivity index (χ4n) is 4.16. The number of amides is 1. The summed E-state index contributed by atoms with van der Waals surface area (Å²) >= 11 is 6.38. The van der Waals surface area contributed by atoms with E-state index in [1.807, 2.05) is 24.3 Å². The van der Waals surface area contributed by atoms with Gasteiger partial charge in [0.25, 0.3) is 0 Å². The molecule has 1 N–H and O–H groups in total. The van der Waals surface area contributed by atoms with E-state index in [-0.39, 0.29) is 11.9 Å². The minimum absolute atomic E-state index is 0.105. The van der Waals surface area contributed by atoms with Crippen molar-refractivity contribution >= 4 is 28.4 Å². The lowest BCUT2D eigenvalue weighted by atomic mass is 10.1. The molecule has 4 aromatic rings. The zero-order chi connectivity index (χ0) is 22.3. The van der Waals surface area contributed by atoms with Crippen molar-refractivity contribution in [2.24, 2.45) is 0 Å². The second-order valence-corrected chi connectivity index (χ2v) is 8.79. The lowest BCUT2D eigenvalue weighted by molar-refractivity contribution is -0.121. The molecule has 1 atom stereocenters. The van der Waals surface area contributed by atoms with Gasteiger partial charge in [-0.1, -0.05) is 78.3 Å². The van der Waals surface area contributed by atoms with Crippen LogP contribution in [0.5, 0.6) is 0 Å². The molecule has 164 valence electrons. The molecule has 4 rings (SSSR count). The van der Waals surface area contributed by atoms with Crippen LogP contribution in [-0.4, -0.2) is 16.5 Å². The average Bonchev–Trinajstić information content (AvgIpc) is 3.16. The number of hydrogen-bond donors (Lipinski definition) is 1. The van der Waals surface area contributed by atoms with Gasteiger partial charge in [0.2, 0.25) is 5.91 Å². The Morgan fingerprint density at radius 2 is 1.62 bits per heavy atom. The number of hydrogen-bond acceptors (Lipinski definition) is 1. The smallest absolute Gasteiger partial charge is 0.220 e. The predicted molar refractivity (Wildman–Crippen MR) is 133 cm³/mol. The van der Waals surface area contributed by atoms with Crippen molar-refractivity contribution in [1.29, 1.82) is 0 Å². The van der Waals surface area contributed by atoms with E-state index in [1.54, 1.807) is 0 Å². The van der Waals surface area contributed by atoms with Crippen LogP contribution in [0.1, 0.15) is 36.5 Å². The van der Waals surface area contributed by atoms with Gasteiger partial charge in [-0.25, -0.2) is 0 Å². The SMILES string of the molecule is C[C@H](CCc1ccccc1)NC(=O)CCc1cn(Cc2ccccc2Cl)c2ccccc12. The fraction of sp³-hybridized carbons (Fsp3) is 0.250. The Morgan fingerprint density at radius 3 is 2.44 bits per heavy atom. The molecule has 0 aliphatic heterocycles. The van der Waals surface area contributed by atoms with Crippen LogP contribution in [0.3, 0.4) is 0 Å². The summed E-state index contributed by atoms with van der Waals surface area (Å²) in [6, 6.07) is 26.9. The molecule has 3 aromatic carbocycles. The molecule has 3 nitrogen and oxygen atoms in total. The molecule has 0 unspecified atom stereocenters. The van der Waals surface area contributed by atoms with Gasteiger partial charge in [-0.2, -0.15) is 0 Å². The number of para-hydroxylation sites is 1. The summed E-state index contributed by atoms with van der Waals surface area (Å²) in [4.78, 5) is 12.6. The van der Waals surface area contributed by atoms with Gasteiger partial charge < -0.3 is 9.88 Å². The van der Waals surface area contributed by atoms with E-state index < -0.39 is 0 Å². The van der Waals surface area contributed by atoms with Crippen LogP contribution in [-0.2, 0) is 24.2 Å². The van der Waals surface area contributed by atoms with Gasteiger partial charge in [0.15, 0.2) is 0 Å². The Hall–Kier alpha value is -3.04. The largest absolute Gasteiger partial charge is 0.354 e. The number of halogens is 1. The van der Waals surface area contributed by atoms with E-state index in [0.29, 0.717) is 19.4 Å². The van der Waals surface area contributed by atoms with Gasteiger partial charge in [-0.3, -0.25) is 4.79 Å². The quantitative estimate of drug-likeness (QED) is 0.318. The van der Waals surface area contributed by atoms with Crippen LogP contribution in [0.25, 0.3) is 10.9 Å². The molecule has 1 aromatic heterocycles. The van der Waals surface area contributed by atoms with Crippen molar-refractivity contribution in [3.05, 3.63) is 107 Å². The average molecular weight is 445 g/mol. The highest BCUT2D eigenvalue weighted by atomic mass is 35.5. The molecule has 0 bridgehead atoms. The van der Waals surface area contributed by atoms with Crippen LogP contribution in [0.2, 0.25) is 5.02 Å². The highest BCUT2D eigenvalue weighted by Gasteiger charge is 2.13. The summed E-state index contributed by atoms with van der Waals surface area (Å²) in [5, 5.41) is 5.13. The zero-order valence-corrected chi connectivity index (χ0v) is 19.2. The molecule has 1 heterocycles. The molecule has 4 heteroatoms. The number of carbonyl (C=O) groups excluding carboxylic acids is 1. The maximum absolute atomic E-state index is 12.6. The van der Waals surface area contributed by atoms with Crippen molar-refractivity contribution in [2.45, 2.75) is 45.2 Å². The molecule has 0 saturated heterocycles. The summed E-state index contributed by atoms with van der Waals surface area (Å²) in [5.74, 6) is 0.105. The summed E-state index contributed by atoms with van der Waals surface area (Å²) in [7, 11) is 0. The van der Waals surface area contributed by atoms with E-state index in [4.69, 9.17) is 11.6 Å². The first kappa shape index (κ1) is 22.2. The van der Waals surface area contributed by atoms with Crippen molar-refractivity contribution in [3.63, 3.8) is 0 Å². The van der Waals surface area contributed by atoms with Gasteiger partial charge >= 0.3 is 0 Å². The number of nitrogens with zero attached hydrogens (tertiary/aromatic N) is 1. The van der Waals surface area contributed by atoms with Gasteiger partial charge in [-0.05, 0) is 55.0 Å². The van der Waals surface area contributed by atoms with Crippen LogP contribution < -0.4 is 5.32 Å². The van der Waals surface area contributed by atoms with Crippen LogP contribution >= 0.6 is 11.6 Å². The third kappa shape index (κ3) is 5.60. The molecule has 0 spiro atoms. The molecule has 0 fully saturated rings. The Morgan fingerprint density at radius 1 is 0.906 bits per heavy atom. The number of benzene rings is 3. The Bertz CT molecular complexity index is 1180. The van der Waals surface area contributed by atoms with E-state index in [0.717, 1.165) is 23.4 Å². The molecule has 0 saturated carbocycles. The van der Waals surface area contributed by atoms with Gasteiger partial charge in [0.1, 0.15) is 0 Å². The number of aryl methyl sites for hydroxylation is 2. The minimum atomic E-state index is 0.105. The first-order valence-electron chi connectivity index (χ1n) is 11.2. The van der Waals surface area contributed by atoms with E-state index in [2.05, 4.69) is 77.6 Å². The number of aromatic nitrogens is 1. The second kappa shape index (κ2) is 10.5. The van der Waals surface area contributed by atoms with Crippen LogP contribution in [0.4, 0.5) is 0 Å². The Kier molecular flexibility index (Phi) is 7.28. The first-order chi connectivity index (χ1) is 15.6. The van der Waals surface area contributed by atoms with Crippen molar-refractivity contribution in [1.82, 2.24) is 9.88 Å². The highest BCUT2D eigenvalue weighted by Crippen LogP contribution is 2.25. The lowest BCUT2D eigenvalue weighted by Gasteiger charge is -2.14. The first-order valence-corrected chi connectivity index (χ1v) is 11.6. The topological polar surface area (TPSA) is 34.0 Å². The molecule has 0 radical (unpaired) electrons. The van der Waals surface area contributed by atoms with Crippen molar-refractivity contribution in [3.8, 4) is 0 Å². The zero-order valence-electron chi connectivity index (χ0n) is 18.4. The molecule has 0 aliphatic carbocycles. The van der Waals surface area contributed by atoms with E-state index in [1.165, 1.54) is 22.0 Å². The second-order valence-electron chi connectivity index (χ2n) is 8.38. The summed E-state index contributed by atoms with van der Waals surface area (Å²) < 4.78 is 2.23. The number of carbonyl (C=O) groups is 1. The maximum Gasteiger partial charge on any atom is 0.220 e. The monoisotopic (exact) mass is 444 g/mol. The van der Waals surface area contributed by atoms with Gasteiger partial charge in [0.05, 0.1) is 0 Å². The molecular formula is C28H29ClN2O. The predicted octanol–water partition coefficient (Wildman–Crippen LogP) is 6.41. The third-order valence-electron chi connectivity index (χ3n) is 5.91. The van der Waals surface area contributed by atoms with E-state index >= 15 is 0 Å². The normalized spacial score (nSPS) is 12.1. The summed E-state index contributed by atoms with van der Waals surface area (Å²) in [5.41, 5.74) is 4.75. The fourth-order valence-corrected chi connectivity index (χ4v) is 4.35. The summed E-state index contributed by atoms with van der Waals surface area (Å²) in [6.07, 6.45) is 5.27. The Balaban J connectivity index is 1.37. The van der Waals surface area contributed by atoms with E-state index in [9.17, 15) is 4.79 Å². The van der Waals surface area contributed by atoms with Crippen LogP contribution in [0, 0.1) is 0 Å². The highest BCUT2D eigenvalue weighted by molar-refractivity contribution is 6.31. The number of fused-ring (bicyclic) bond motifs is 1. The summed E-state index contributed by atoms with van der Waals surface area (Å²) in [6.45, 7) is 2.79. The Labute approximate surface area is 195 Å². The van der Waals surface area contributed by atoms with Crippen molar-refractivity contribution < 1.29 is 4.79 Å². The maximum atomic E-state index is 12.6. The molecular weight excluding hydrogens is 416 g/mol. The van der Waals surface area contributed by atoms with Gasteiger partial charge in [-0.15, -0.1) is 0 Å².